The summed E-state index contributed by atoms with van der Waals surface area (Å²) in [6.45, 7) is 43.4. The lowest BCUT2D eigenvalue weighted by Gasteiger charge is -2.28. The van der Waals surface area contributed by atoms with Gasteiger partial charge in [-0.1, -0.05) is 42.5 Å². The zero-order chi connectivity index (χ0) is 68.7. The fourth-order valence-electron chi connectivity index (χ4n) is 10.3. The lowest BCUT2D eigenvalue weighted by Crippen LogP contribution is -2.46. The zero-order valence-corrected chi connectivity index (χ0v) is 64.7. The normalized spacial score (nSPS) is 12.8. The minimum Gasteiger partial charge on any atom is -0.494 e. The van der Waals surface area contributed by atoms with Crippen LogP contribution in [0.1, 0.15) is 166 Å². The van der Waals surface area contributed by atoms with E-state index in [1.54, 1.807) is 7.11 Å². The molecule has 4 aromatic rings. The van der Waals surface area contributed by atoms with Crippen molar-refractivity contribution in [3.05, 3.63) is 113 Å². The average molecular weight is 1380 g/mol. The number of hydrogen-bond acceptors (Lipinski definition) is 18. The van der Waals surface area contributed by atoms with E-state index >= 15 is 0 Å². The van der Waals surface area contributed by atoms with Crippen molar-refractivity contribution >= 4 is 35.2 Å². The molecular weight excluding hydrogens is 1250 g/mol. The highest BCUT2D eigenvalue weighted by atomic mass is 28.4. The van der Waals surface area contributed by atoms with Crippen molar-refractivity contribution in [2.45, 2.75) is 205 Å². The Hall–Kier alpha value is -3.77. The molecular formula is C71H124O18Si4. The van der Waals surface area contributed by atoms with Crippen LogP contribution in [0, 0.1) is 0 Å². The number of ether oxygens (including phenoxy) is 6. The molecule has 0 spiro atoms. The summed E-state index contributed by atoms with van der Waals surface area (Å²) in [5.41, 5.74) is 4.93. The average Bonchev–Trinajstić information content (AvgIpc) is 2.33. The van der Waals surface area contributed by atoms with Crippen molar-refractivity contribution in [2.24, 2.45) is 0 Å². The molecule has 1 atom stereocenters. The second-order valence-corrected chi connectivity index (χ2v) is 33.2. The van der Waals surface area contributed by atoms with Gasteiger partial charge in [0, 0.05) is 111 Å². The molecule has 532 valence electrons. The third-order valence-electron chi connectivity index (χ3n) is 13.9. The van der Waals surface area contributed by atoms with Crippen molar-refractivity contribution in [1.29, 1.82) is 0 Å². The second-order valence-electron chi connectivity index (χ2n) is 22.3. The lowest BCUT2D eigenvalue weighted by atomic mass is 10.1. The van der Waals surface area contributed by atoms with E-state index in [9.17, 15) is 0 Å². The molecule has 0 amide bonds. The summed E-state index contributed by atoms with van der Waals surface area (Å²) in [4.78, 5) is 0. The van der Waals surface area contributed by atoms with E-state index in [0.717, 1.165) is 104 Å². The Labute approximate surface area is 567 Å². The van der Waals surface area contributed by atoms with Crippen molar-refractivity contribution < 1.29 is 81.5 Å². The Bertz CT molecular complexity index is 2370. The predicted octanol–water partition coefficient (Wildman–Crippen LogP) is 16.4. The molecule has 0 aliphatic carbocycles. The van der Waals surface area contributed by atoms with Crippen molar-refractivity contribution in [1.82, 2.24) is 0 Å². The van der Waals surface area contributed by atoms with Crippen LogP contribution in [0.5, 0.6) is 28.7 Å². The molecule has 1 aliphatic heterocycles. The van der Waals surface area contributed by atoms with Crippen LogP contribution in [0.2, 0.25) is 24.2 Å². The molecule has 0 aromatic heterocycles. The SMILES string of the molecule is CCO[Si](CCCc1ccc(OC(C)(C)C)cc1)(OCC)OCC.CCO[Si](CCCc1ccc(OC(C)OC)cc1)(OCC)OCC.CCO[Si](CCCc1ccc2c(c1)OCCO2)(OCC)OCC.CCOc1ccc(CCC[Si](OCC)(OCC)OCC)cc1. The first-order valence-corrected chi connectivity index (χ1v) is 42.4. The van der Waals surface area contributed by atoms with Crippen LogP contribution < -0.4 is 23.7 Å². The highest BCUT2D eigenvalue weighted by Crippen LogP contribution is 2.32. The molecule has 1 heterocycles. The molecule has 4 aromatic carbocycles. The summed E-state index contributed by atoms with van der Waals surface area (Å²) in [6.07, 6.45) is 7.57. The van der Waals surface area contributed by atoms with Gasteiger partial charge in [0.25, 0.3) is 0 Å². The van der Waals surface area contributed by atoms with Crippen LogP contribution in [0.3, 0.4) is 0 Å². The largest absolute Gasteiger partial charge is 0.500 e. The van der Waals surface area contributed by atoms with Crippen molar-refractivity contribution in [3.8, 4) is 28.7 Å². The van der Waals surface area contributed by atoms with Gasteiger partial charge in [-0.3, -0.25) is 0 Å². The third kappa shape index (κ3) is 35.3. The summed E-state index contributed by atoms with van der Waals surface area (Å²) in [6, 6.07) is 34.3. The molecule has 93 heavy (non-hydrogen) atoms. The van der Waals surface area contributed by atoms with E-state index in [1.165, 1.54) is 22.3 Å². The molecule has 1 aliphatic rings. The zero-order valence-electron chi connectivity index (χ0n) is 60.7. The number of hydrogen-bond donors (Lipinski definition) is 0. The summed E-state index contributed by atoms with van der Waals surface area (Å²) in [5.74, 6) is 4.33. The minimum absolute atomic E-state index is 0.167. The van der Waals surface area contributed by atoms with Gasteiger partial charge in [0.1, 0.15) is 36.1 Å². The first-order chi connectivity index (χ1) is 44.8. The monoisotopic (exact) mass is 1380 g/mol. The number of aryl methyl sites for hydroxylation is 4. The third-order valence-corrected chi connectivity index (χ3v) is 26.5. The minimum atomic E-state index is -2.53. The van der Waals surface area contributed by atoms with E-state index < -0.39 is 35.2 Å². The van der Waals surface area contributed by atoms with E-state index in [-0.39, 0.29) is 11.9 Å². The van der Waals surface area contributed by atoms with Crippen molar-refractivity contribution in [2.75, 3.05) is 106 Å². The standard InChI is InChI=1S/C19H34O4Si.C18H32O5Si.C17H28O5Si.C17H30O4Si/c1-7-20-24(21-8-2,22-9-3)16-10-11-17-12-14-18(15-13-17)23-19(4,5)6;1-6-20-24(21-7-2,22-8-3)15-9-10-17-11-13-18(14-12-17)23-16(4)19-5;1-4-20-23(21-5-2,22-6-3)13-7-8-15-9-10-16-17(14-15)19-12-11-18-16;1-5-18-17-13-11-16(12-14-17)10-9-15-22(19-6-2,20-7-3)21-8-4/h12-15H,7-11,16H2,1-6H3;11-14,16H,6-10,15H2,1-5H3;9-10,14H,4-8,11-13H2,1-3H3;11-14H,5-10,15H2,1-4H3. The number of methoxy groups -OCH3 is 1. The summed E-state index contributed by atoms with van der Waals surface area (Å²) < 4.78 is 104. The topological polar surface area (TPSA) is 166 Å². The van der Waals surface area contributed by atoms with Crippen LogP contribution in [0.15, 0.2) is 91.0 Å². The fourth-order valence-corrected chi connectivity index (χ4v) is 20.7. The van der Waals surface area contributed by atoms with Gasteiger partial charge in [-0.05, 0) is 240 Å². The van der Waals surface area contributed by atoms with Gasteiger partial charge in [-0.15, -0.1) is 0 Å². The van der Waals surface area contributed by atoms with Crippen molar-refractivity contribution in [3.63, 3.8) is 0 Å². The Morgan fingerprint density at radius 1 is 0.355 bits per heavy atom. The summed E-state index contributed by atoms with van der Waals surface area (Å²) in [5, 5.41) is 0. The molecule has 0 bridgehead atoms. The highest BCUT2D eigenvalue weighted by molar-refractivity contribution is 6.61. The number of rotatable bonds is 46. The van der Waals surface area contributed by atoms with Gasteiger partial charge in [0.2, 0.25) is 0 Å². The van der Waals surface area contributed by atoms with Gasteiger partial charge in [-0.2, -0.15) is 0 Å². The number of benzene rings is 4. The van der Waals surface area contributed by atoms with E-state index in [1.807, 2.05) is 139 Å². The summed E-state index contributed by atoms with van der Waals surface area (Å²) in [7, 11) is -8.45. The van der Waals surface area contributed by atoms with Crippen LogP contribution in [-0.2, 0) is 83.5 Å². The Morgan fingerprint density at radius 3 is 0.925 bits per heavy atom. The van der Waals surface area contributed by atoms with Crippen LogP contribution in [0.25, 0.3) is 0 Å². The van der Waals surface area contributed by atoms with Crippen LogP contribution in [-0.4, -0.2) is 153 Å². The quantitative estimate of drug-likeness (QED) is 0.0302. The fraction of sp³-hybridized carbons (Fsp3) is 0.662. The van der Waals surface area contributed by atoms with Crippen LogP contribution in [0.4, 0.5) is 0 Å². The van der Waals surface area contributed by atoms with Gasteiger partial charge >= 0.3 is 35.2 Å². The number of fused-ring (bicyclic) bond motifs is 1. The first kappa shape index (κ1) is 85.3. The molecule has 22 heteroatoms. The van der Waals surface area contributed by atoms with E-state index in [2.05, 4.69) is 69.3 Å². The summed E-state index contributed by atoms with van der Waals surface area (Å²) >= 11 is 0. The maximum atomic E-state index is 5.90. The van der Waals surface area contributed by atoms with Gasteiger partial charge in [0.15, 0.2) is 17.8 Å². The first-order valence-electron chi connectivity index (χ1n) is 34.7. The molecule has 0 N–H and O–H groups in total. The molecule has 0 fully saturated rings. The van der Waals surface area contributed by atoms with E-state index in [0.29, 0.717) is 99.1 Å². The molecule has 1 unspecified atom stereocenters. The highest BCUT2D eigenvalue weighted by Gasteiger charge is 2.42. The smallest absolute Gasteiger partial charge is 0.494 e. The molecule has 0 saturated heterocycles. The van der Waals surface area contributed by atoms with Crippen LogP contribution >= 0.6 is 0 Å². The Kier molecular flexibility index (Phi) is 45.6. The van der Waals surface area contributed by atoms with Gasteiger partial charge in [-0.25, -0.2) is 0 Å². The van der Waals surface area contributed by atoms with E-state index in [4.69, 9.17) is 81.5 Å². The molecule has 0 radical (unpaired) electrons. The molecule has 18 nitrogen and oxygen atoms in total. The second kappa shape index (κ2) is 49.7. The molecule has 5 rings (SSSR count). The Morgan fingerprint density at radius 2 is 0.634 bits per heavy atom. The maximum absolute atomic E-state index is 5.90. The van der Waals surface area contributed by atoms with Gasteiger partial charge in [0.05, 0.1) is 6.61 Å². The Balaban J connectivity index is 0.000000422. The lowest BCUT2D eigenvalue weighted by molar-refractivity contribution is -0.0383. The molecule has 0 saturated carbocycles. The maximum Gasteiger partial charge on any atom is 0.500 e. The predicted molar refractivity (Wildman–Crippen MR) is 380 cm³/mol. The van der Waals surface area contributed by atoms with Gasteiger partial charge < -0.3 is 81.5 Å².